The first-order valence-electron chi connectivity index (χ1n) is 5.58. The van der Waals surface area contributed by atoms with E-state index < -0.39 is 0 Å². The molecule has 0 unspecified atom stereocenters. The number of ether oxygens (including phenoxy) is 1. The average molecular weight is 223 g/mol. The molecule has 0 atom stereocenters. The molecule has 1 heterocycles. The minimum atomic E-state index is -0.0735. The van der Waals surface area contributed by atoms with Crippen molar-refractivity contribution in [3.05, 3.63) is 18.2 Å². The quantitative estimate of drug-likeness (QED) is 0.765. The van der Waals surface area contributed by atoms with E-state index in [0.717, 1.165) is 12.4 Å². The molecule has 0 radical (unpaired) electrons. The summed E-state index contributed by atoms with van der Waals surface area (Å²) >= 11 is 0. The Bertz CT molecular complexity index is 358. The van der Waals surface area contributed by atoms with E-state index in [0.29, 0.717) is 12.5 Å². The molecule has 0 saturated heterocycles. The molecule has 5 heteroatoms. The molecule has 1 aliphatic carbocycles. The first-order valence-corrected chi connectivity index (χ1v) is 5.58. The number of methoxy groups -OCH3 is 1. The molecule has 1 saturated carbocycles. The third kappa shape index (κ3) is 2.82. The van der Waals surface area contributed by atoms with Crippen LogP contribution in [0.5, 0.6) is 0 Å². The van der Waals surface area contributed by atoms with Crippen LogP contribution in [0.1, 0.15) is 24.6 Å². The van der Waals surface area contributed by atoms with Crippen LogP contribution in [-0.2, 0) is 16.1 Å². The molecule has 1 amide bonds. The van der Waals surface area contributed by atoms with Crippen molar-refractivity contribution in [2.24, 2.45) is 0 Å². The number of imidazole rings is 1. The van der Waals surface area contributed by atoms with Gasteiger partial charge in [0.1, 0.15) is 12.4 Å². The highest BCUT2D eigenvalue weighted by Crippen LogP contribution is 2.38. The van der Waals surface area contributed by atoms with Crippen LogP contribution in [0.2, 0.25) is 0 Å². The molecule has 0 aromatic carbocycles. The second kappa shape index (κ2) is 5.12. The second-order valence-corrected chi connectivity index (χ2v) is 4.04. The summed E-state index contributed by atoms with van der Waals surface area (Å²) in [5.74, 6) is 1.72. The summed E-state index contributed by atoms with van der Waals surface area (Å²) in [5, 5.41) is 2.80. The van der Waals surface area contributed by atoms with E-state index in [9.17, 15) is 4.79 Å². The zero-order valence-corrected chi connectivity index (χ0v) is 9.48. The maximum atomic E-state index is 11.1. The minimum absolute atomic E-state index is 0.0735. The Balaban J connectivity index is 1.76. The average Bonchev–Trinajstić information content (AvgIpc) is 3.00. The molecule has 5 nitrogen and oxygen atoms in total. The minimum Gasteiger partial charge on any atom is -0.375 e. The van der Waals surface area contributed by atoms with Crippen molar-refractivity contribution in [3.63, 3.8) is 0 Å². The standard InChI is InChI=1S/C11H17N3O2/c1-16-8-10(15)12-4-6-14-7-5-13-11(14)9-2-3-9/h5,7,9H,2-4,6,8H2,1H3,(H,12,15). The monoisotopic (exact) mass is 223 g/mol. The third-order valence-electron chi connectivity index (χ3n) is 2.64. The lowest BCUT2D eigenvalue weighted by Crippen LogP contribution is -2.30. The van der Waals surface area contributed by atoms with Gasteiger partial charge in [0, 0.05) is 38.5 Å². The fourth-order valence-electron chi connectivity index (χ4n) is 1.71. The van der Waals surface area contributed by atoms with E-state index in [2.05, 4.69) is 14.9 Å². The molecule has 0 bridgehead atoms. The van der Waals surface area contributed by atoms with Crippen LogP contribution in [-0.4, -0.2) is 35.7 Å². The lowest BCUT2D eigenvalue weighted by atomic mass is 10.4. The molecular weight excluding hydrogens is 206 g/mol. The zero-order chi connectivity index (χ0) is 11.4. The fourth-order valence-corrected chi connectivity index (χ4v) is 1.71. The predicted octanol–water partition coefficient (Wildman–Crippen LogP) is 0.523. The molecule has 1 aromatic heterocycles. The number of carbonyl (C=O) groups is 1. The summed E-state index contributed by atoms with van der Waals surface area (Å²) in [4.78, 5) is 15.5. The molecule has 1 fully saturated rings. The largest absolute Gasteiger partial charge is 0.375 e. The van der Waals surface area contributed by atoms with Gasteiger partial charge in [-0.1, -0.05) is 0 Å². The Morgan fingerprint density at radius 1 is 1.69 bits per heavy atom. The van der Waals surface area contributed by atoms with Gasteiger partial charge in [-0.15, -0.1) is 0 Å². The number of rotatable bonds is 6. The number of nitrogens with zero attached hydrogens (tertiary/aromatic N) is 2. The summed E-state index contributed by atoms with van der Waals surface area (Å²) in [5.41, 5.74) is 0. The summed E-state index contributed by atoms with van der Waals surface area (Å²) in [6.45, 7) is 1.53. The number of nitrogens with one attached hydrogen (secondary N) is 1. The molecule has 1 aliphatic rings. The van der Waals surface area contributed by atoms with Crippen LogP contribution in [0.15, 0.2) is 12.4 Å². The summed E-state index contributed by atoms with van der Waals surface area (Å²) in [7, 11) is 1.51. The van der Waals surface area contributed by atoms with Crippen LogP contribution in [0, 0.1) is 0 Å². The number of carbonyl (C=O) groups excluding carboxylic acids is 1. The topological polar surface area (TPSA) is 56.1 Å². The number of amides is 1. The van der Waals surface area contributed by atoms with Crippen LogP contribution in [0.4, 0.5) is 0 Å². The van der Waals surface area contributed by atoms with Gasteiger partial charge >= 0.3 is 0 Å². The van der Waals surface area contributed by atoms with Crippen molar-refractivity contribution in [2.45, 2.75) is 25.3 Å². The lowest BCUT2D eigenvalue weighted by Gasteiger charge is -2.08. The maximum Gasteiger partial charge on any atom is 0.246 e. The van der Waals surface area contributed by atoms with Crippen LogP contribution >= 0.6 is 0 Å². The van der Waals surface area contributed by atoms with E-state index in [-0.39, 0.29) is 12.5 Å². The third-order valence-corrected chi connectivity index (χ3v) is 2.64. The summed E-state index contributed by atoms with van der Waals surface area (Å²) in [6, 6.07) is 0. The van der Waals surface area contributed by atoms with Gasteiger partial charge in [-0.25, -0.2) is 4.98 Å². The van der Waals surface area contributed by atoms with E-state index in [1.54, 1.807) is 0 Å². The van der Waals surface area contributed by atoms with E-state index >= 15 is 0 Å². The molecule has 88 valence electrons. The van der Waals surface area contributed by atoms with E-state index in [1.807, 2.05) is 12.4 Å². The van der Waals surface area contributed by atoms with Crippen molar-refractivity contribution in [3.8, 4) is 0 Å². The van der Waals surface area contributed by atoms with Crippen LogP contribution < -0.4 is 5.32 Å². The van der Waals surface area contributed by atoms with Crippen molar-refractivity contribution in [2.75, 3.05) is 20.3 Å². The van der Waals surface area contributed by atoms with Crippen molar-refractivity contribution in [1.82, 2.24) is 14.9 Å². The second-order valence-electron chi connectivity index (χ2n) is 4.04. The summed E-state index contributed by atoms with van der Waals surface area (Å²) < 4.78 is 6.85. The molecule has 0 spiro atoms. The van der Waals surface area contributed by atoms with Crippen LogP contribution in [0.25, 0.3) is 0 Å². The van der Waals surface area contributed by atoms with Crippen molar-refractivity contribution in [1.29, 1.82) is 0 Å². The highest BCUT2D eigenvalue weighted by atomic mass is 16.5. The first kappa shape index (κ1) is 11.1. The smallest absolute Gasteiger partial charge is 0.246 e. The molecule has 1 N–H and O–H groups in total. The Morgan fingerprint density at radius 2 is 2.50 bits per heavy atom. The molecule has 2 rings (SSSR count). The Kier molecular flexibility index (Phi) is 3.56. The van der Waals surface area contributed by atoms with Gasteiger partial charge < -0.3 is 14.6 Å². The molecule has 0 aliphatic heterocycles. The van der Waals surface area contributed by atoms with Gasteiger partial charge in [0.15, 0.2) is 0 Å². The van der Waals surface area contributed by atoms with Crippen LogP contribution in [0.3, 0.4) is 0 Å². The van der Waals surface area contributed by atoms with Gasteiger partial charge in [-0.05, 0) is 12.8 Å². The van der Waals surface area contributed by atoms with E-state index in [1.165, 1.54) is 20.0 Å². The first-order chi connectivity index (χ1) is 7.81. The number of hydrogen-bond donors (Lipinski definition) is 1. The number of aromatic nitrogens is 2. The van der Waals surface area contributed by atoms with Gasteiger partial charge in [0.25, 0.3) is 0 Å². The normalized spacial score (nSPS) is 15.1. The highest BCUT2D eigenvalue weighted by Gasteiger charge is 2.27. The summed E-state index contributed by atoms with van der Waals surface area (Å²) in [6.07, 6.45) is 6.28. The Morgan fingerprint density at radius 3 is 3.19 bits per heavy atom. The fraction of sp³-hybridized carbons (Fsp3) is 0.636. The molecular formula is C11H17N3O2. The molecule has 16 heavy (non-hydrogen) atoms. The molecule has 1 aromatic rings. The Labute approximate surface area is 94.8 Å². The van der Waals surface area contributed by atoms with Gasteiger partial charge in [0.2, 0.25) is 5.91 Å². The zero-order valence-electron chi connectivity index (χ0n) is 9.48. The van der Waals surface area contributed by atoms with Gasteiger partial charge in [-0.2, -0.15) is 0 Å². The van der Waals surface area contributed by atoms with Gasteiger partial charge in [0.05, 0.1) is 0 Å². The van der Waals surface area contributed by atoms with Crippen molar-refractivity contribution >= 4 is 5.91 Å². The van der Waals surface area contributed by atoms with Gasteiger partial charge in [-0.3, -0.25) is 4.79 Å². The number of hydrogen-bond acceptors (Lipinski definition) is 3. The van der Waals surface area contributed by atoms with Crippen molar-refractivity contribution < 1.29 is 9.53 Å². The highest BCUT2D eigenvalue weighted by molar-refractivity contribution is 5.77. The maximum absolute atomic E-state index is 11.1. The Hall–Kier alpha value is -1.36. The lowest BCUT2D eigenvalue weighted by molar-refractivity contribution is -0.124. The van der Waals surface area contributed by atoms with E-state index in [4.69, 9.17) is 4.74 Å². The SMILES string of the molecule is COCC(=O)NCCn1ccnc1C1CC1. The predicted molar refractivity (Wildman–Crippen MR) is 59.1 cm³/mol.